The fraction of sp³-hybridized carbons (Fsp3) is 0.385. The zero-order valence-electron chi connectivity index (χ0n) is 11.2. The molecule has 2 amide bonds. The molecule has 1 heterocycles. The number of alkyl halides is 3. The van der Waals surface area contributed by atoms with E-state index in [0.717, 1.165) is 0 Å². The van der Waals surface area contributed by atoms with Crippen LogP contribution in [-0.2, 0) is 16.0 Å². The van der Waals surface area contributed by atoms with E-state index in [2.05, 4.69) is 0 Å². The Hall–Kier alpha value is -1.80. The molecule has 2 N–H and O–H groups in total. The highest BCUT2D eigenvalue weighted by Crippen LogP contribution is 2.30. The summed E-state index contributed by atoms with van der Waals surface area (Å²) in [5.41, 5.74) is 1.15. The van der Waals surface area contributed by atoms with Gasteiger partial charge in [0.1, 0.15) is 6.54 Å². The summed E-state index contributed by atoms with van der Waals surface area (Å²) in [4.78, 5) is 24.7. The van der Waals surface area contributed by atoms with Crippen molar-refractivity contribution in [1.82, 2.24) is 5.32 Å². The molecule has 9 heteroatoms. The van der Waals surface area contributed by atoms with Crippen LogP contribution in [0.15, 0.2) is 18.2 Å². The summed E-state index contributed by atoms with van der Waals surface area (Å²) in [6.07, 6.45) is -7.37. The number of halogens is 4. The molecule has 0 fully saturated rings. The molecule has 1 aliphatic rings. The fourth-order valence-electron chi connectivity index (χ4n) is 2.05. The third-order valence-electron chi connectivity index (χ3n) is 3.15. The number of carbonyl (C=O) groups excluding carboxylic acids is 2. The van der Waals surface area contributed by atoms with Crippen LogP contribution >= 0.6 is 11.6 Å². The van der Waals surface area contributed by atoms with Crippen LogP contribution in [0.5, 0.6) is 0 Å². The van der Waals surface area contributed by atoms with Crippen molar-refractivity contribution in [3.8, 4) is 0 Å². The predicted molar refractivity (Wildman–Crippen MR) is 72.6 cm³/mol. The smallest absolute Gasteiger partial charge is 0.382 e. The summed E-state index contributed by atoms with van der Waals surface area (Å²) in [7, 11) is 0. The first-order chi connectivity index (χ1) is 10.2. The highest BCUT2D eigenvalue weighted by atomic mass is 35.5. The van der Waals surface area contributed by atoms with Crippen molar-refractivity contribution in [1.29, 1.82) is 0 Å². The normalized spacial score (nSPS) is 15.7. The number of hydrogen-bond acceptors (Lipinski definition) is 3. The van der Waals surface area contributed by atoms with E-state index in [1.54, 1.807) is 18.2 Å². The highest BCUT2D eigenvalue weighted by Gasteiger charge is 2.38. The molecule has 2 rings (SSSR count). The van der Waals surface area contributed by atoms with Crippen LogP contribution < -0.4 is 10.2 Å². The Morgan fingerprint density at radius 1 is 1.45 bits per heavy atom. The van der Waals surface area contributed by atoms with E-state index in [4.69, 9.17) is 16.7 Å². The van der Waals surface area contributed by atoms with Crippen LogP contribution in [0.2, 0.25) is 5.02 Å². The molecular weight excluding hydrogens is 325 g/mol. The number of hydrogen-bond donors (Lipinski definition) is 2. The number of carbonyl (C=O) groups is 2. The number of nitrogens with zero attached hydrogens (tertiary/aromatic N) is 1. The van der Waals surface area contributed by atoms with Gasteiger partial charge in [-0.3, -0.25) is 9.59 Å². The third-order valence-corrected chi connectivity index (χ3v) is 3.38. The molecule has 120 valence electrons. The standard InChI is InChI=1S/C13H12ClF3N2O3/c14-8-1-2-9-7(3-8)4-12(22)19(9)6-11(21)18-5-10(20)13(15,16)17/h1-3,10,20H,4-6H2,(H,18,21). The van der Waals surface area contributed by atoms with Gasteiger partial charge in [-0.25, -0.2) is 0 Å². The molecule has 0 radical (unpaired) electrons. The lowest BCUT2D eigenvalue weighted by atomic mass is 10.2. The largest absolute Gasteiger partial charge is 0.416 e. The van der Waals surface area contributed by atoms with Gasteiger partial charge >= 0.3 is 6.18 Å². The van der Waals surface area contributed by atoms with E-state index in [1.807, 2.05) is 5.32 Å². The Morgan fingerprint density at radius 2 is 2.14 bits per heavy atom. The summed E-state index contributed by atoms with van der Waals surface area (Å²) < 4.78 is 36.4. The Kier molecular flexibility index (Phi) is 4.62. The van der Waals surface area contributed by atoms with E-state index in [-0.39, 0.29) is 12.3 Å². The van der Waals surface area contributed by atoms with Gasteiger partial charge in [0.25, 0.3) is 0 Å². The van der Waals surface area contributed by atoms with Gasteiger partial charge in [0.2, 0.25) is 11.8 Å². The first-order valence-corrected chi connectivity index (χ1v) is 6.66. The Labute approximate surface area is 128 Å². The van der Waals surface area contributed by atoms with Crippen LogP contribution in [0.25, 0.3) is 0 Å². The minimum Gasteiger partial charge on any atom is -0.382 e. The van der Waals surface area contributed by atoms with Crippen molar-refractivity contribution < 1.29 is 27.9 Å². The SMILES string of the molecule is O=C(CN1C(=O)Cc2cc(Cl)ccc21)NCC(O)C(F)(F)F. The lowest BCUT2D eigenvalue weighted by molar-refractivity contribution is -0.201. The van der Waals surface area contributed by atoms with Crippen LogP contribution in [0, 0.1) is 0 Å². The Balaban J connectivity index is 1.97. The molecular formula is C13H12ClF3N2O3. The number of aliphatic hydroxyl groups is 1. The van der Waals surface area contributed by atoms with E-state index in [1.165, 1.54) is 4.90 Å². The Morgan fingerprint density at radius 3 is 2.77 bits per heavy atom. The van der Waals surface area contributed by atoms with Crippen LogP contribution in [0.4, 0.5) is 18.9 Å². The van der Waals surface area contributed by atoms with Gasteiger partial charge in [0.05, 0.1) is 13.0 Å². The average molecular weight is 337 g/mol. The molecule has 0 spiro atoms. The molecule has 1 atom stereocenters. The number of nitrogens with one attached hydrogen (secondary N) is 1. The van der Waals surface area contributed by atoms with Crippen molar-refractivity contribution in [2.24, 2.45) is 0 Å². The van der Waals surface area contributed by atoms with Gasteiger partial charge in [-0.15, -0.1) is 0 Å². The summed E-state index contributed by atoms with van der Waals surface area (Å²) >= 11 is 5.81. The lowest BCUT2D eigenvalue weighted by Gasteiger charge is -2.19. The third kappa shape index (κ3) is 3.69. The lowest BCUT2D eigenvalue weighted by Crippen LogP contribution is -2.45. The fourth-order valence-corrected chi connectivity index (χ4v) is 2.25. The highest BCUT2D eigenvalue weighted by molar-refractivity contribution is 6.31. The van der Waals surface area contributed by atoms with Gasteiger partial charge in [-0.05, 0) is 23.8 Å². The van der Waals surface area contributed by atoms with E-state index < -0.39 is 31.3 Å². The van der Waals surface area contributed by atoms with Crippen molar-refractivity contribution >= 4 is 29.1 Å². The van der Waals surface area contributed by atoms with Crippen molar-refractivity contribution in [2.75, 3.05) is 18.0 Å². The molecule has 0 saturated heterocycles. The van der Waals surface area contributed by atoms with Gasteiger partial charge in [0, 0.05) is 10.7 Å². The number of aliphatic hydroxyl groups excluding tert-OH is 1. The maximum absolute atomic E-state index is 12.1. The maximum Gasteiger partial charge on any atom is 0.416 e. The summed E-state index contributed by atoms with van der Waals surface area (Å²) in [5.74, 6) is -1.14. The average Bonchev–Trinajstić information content (AvgIpc) is 2.70. The number of anilines is 1. The van der Waals surface area contributed by atoms with Crippen LogP contribution in [-0.4, -0.2) is 42.3 Å². The number of rotatable bonds is 4. The molecule has 1 aromatic carbocycles. The zero-order chi connectivity index (χ0) is 16.5. The second-order valence-corrected chi connectivity index (χ2v) is 5.23. The molecule has 1 aliphatic heterocycles. The summed E-state index contributed by atoms with van der Waals surface area (Å²) in [6, 6.07) is 4.72. The second-order valence-electron chi connectivity index (χ2n) is 4.79. The van der Waals surface area contributed by atoms with Crippen molar-refractivity contribution in [3.05, 3.63) is 28.8 Å². The molecule has 1 aromatic rings. The Bertz CT molecular complexity index is 607. The summed E-state index contributed by atoms with van der Waals surface area (Å²) in [6.45, 7) is -1.38. The first-order valence-electron chi connectivity index (χ1n) is 6.28. The van der Waals surface area contributed by atoms with Crippen molar-refractivity contribution in [3.63, 3.8) is 0 Å². The molecule has 1 unspecified atom stereocenters. The summed E-state index contributed by atoms with van der Waals surface area (Å²) in [5, 5.41) is 11.2. The van der Waals surface area contributed by atoms with E-state index in [9.17, 15) is 22.8 Å². The number of benzene rings is 1. The van der Waals surface area contributed by atoms with Gasteiger partial charge in [-0.2, -0.15) is 13.2 Å². The van der Waals surface area contributed by atoms with Gasteiger partial charge in [0.15, 0.2) is 6.10 Å². The van der Waals surface area contributed by atoms with Crippen LogP contribution in [0.1, 0.15) is 5.56 Å². The van der Waals surface area contributed by atoms with Gasteiger partial charge in [-0.1, -0.05) is 11.6 Å². The number of amides is 2. The van der Waals surface area contributed by atoms with E-state index >= 15 is 0 Å². The van der Waals surface area contributed by atoms with Gasteiger partial charge < -0.3 is 15.3 Å². The first kappa shape index (κ1) is 16.6. The quantitative estimate of drug-likeness (QED) is 0.870. The predicted octanol–water partition coefficient (Wildman–Crippen LogP) is 1.27. The zero-order valence-corrected chi connectivity index (χ0v) is 11.9. The monoisotopic (exact) mass is 336 g/mol. The van der Waals surface area contributed by atoms with Crippen molar-refractivity contribution in [2.45, 2.75) is 18.7 Å². The minimum atomic E-state index is -4.81. The minimum absolute atomic E-state index is 0.0777. The number of fused-ring (bicyclic) bond motifs is 1. The molecule has 0 bridgehead atoms. The maximum atomic E-state index is 12.1. The molecule has 22 heavy (non-hydrogen) atoms. The molecule has 0 aromatic heterocycles. The topological polar surface area (TPSA) is 69.6 Å². The molecule has 0 saturated carbocycles. The molecule has 0 aliphatic carbocycles. The van der Waals surface area contributed by atoms with E-state index in [0.29, 0.717) is 16.3 Å². The molecule has 5 nitrogen and oxygen atoms in total. The van der Waals surface area contributed by atoms with Crippen LogP contribution in [0.3, 0.4) is 0 Å². The second kappa shape index (κ2) is 6.13.